The van der Waals surface area contributed by atoms with Gasteiger partial charge >= 0.3 is 0 Å². The minimum Gasteiger partial charge on any atom is -0.207 e. The van der Waals surface area contributed by atoms with Gasteiger partial charge in [-0.3, -0.25) is 0 Å². The summed E-state index contributed by atoms with van der Waals surface area (Å²) in [6, 6.07) is 23.6. The Bertz CT molecular complexity index is 1540. The van der Waals surface area contributed by atoms with Crippen LogP contribution in [0.1, 0.15) is 38.9 Å². The van der Waals surface area contributed by atoms with E-state index in [0.717, 1.165) is 44.2 Å². The van der Waals surface area contributed by atoms with E-state index < -0.39 is 10.0 Å². The Kier molecular flexibility index (Phi) is 5.32. The third-order valence-electron chi connectivity index (χ3n) is 6.22. The topological polar surface area (TPSA) is 37.4 Å². The molecule has 0 atom stereocenters. The monoisotopic (exact) mass is 451 g/mol. The summed E-state index contributed by atoms with van der Waals surface area (Å²) in [5.74, 6) is 6.70. The van der Waals surface area contributed by atoms with Crippen molar-refractivity contribution in [3.8, 4) is 11.8 Å². The zero-order chi connectivity index (χ0) is 23.2. The fourth-order valence-corrected chi connectivity index (χ4v) is 5.68. The van der Waals surface area contributed by atoms with Gasteiger partial charge in [0.05, 0.1) is 4.90 Å². The predicted molar refractivity (Wildman–Crippen MR) is 133 cm³/mol. The standard InChI is InChI=1S/C29H25NO2S/c1-20-4-9-23(10-5-20)11-15-27-28-16-22(3)6-12-24(28)17-25-18-30(19-29(25)27)33(31,32)26-13-7-21(2)8-14-26/h4-10,12-14,16-17H,18-19H2,1-3H3. The van der Waals surface area contributed by atoms with Crippen molar-refractivity contribution in [3.63, 3.8) is 0 Å². The molecule has 0 saturated heterocycles. The van der Waals surface area contributed by atoms with E-state index in [-0.39, 0.29) is 0 Å². The normalized spacial score (nSPS) is 13.5. The highest BCUT2D eigenvalue weighted by atomic mass is 32.2. The lowest BCUT2D eigenvalue weighted by atomic mass is 9.94. The van der Waals surface area contributed by atoms with Crippen molar-refractivity contribution in [1.29, 1.82) is 0 Å². The molecule has 4 heteroatoms. The van der Waals surface area contributed by atoms with E-state index in [1.54, 1.807) is 16.4 Å². The van der Waals surface area contributed by atoms with Crippen LogP contribution in [0.4, 0.5) is 0 Å². The fraction of sp³-hybridized carbons (Fsp3) is 0.172. The molecule has 4 aromatic rings. The van der Waals surface area contributed by atoms with Crippen LogP contribution in [0.25, 0.3) is 10.8 Å². The second-order valence-electron chi connectivity index (χ2n) is 8.82. The van der Waals surface area contributed by atoms with Gasteiger partial charge in [0.15, 0.2) is 0 Å². The van der Waals surface area contributed by atoms with Crippen molar-refractivity contribution in [2.24, 2.45) is 0 Å². The first-order chi connectivity index (χ1) is 15.8. The summed E-state index contributed by atoms with van der Waals surface area (Å²) in [5.41, 5.74) is 7.28. The Morgan fingerprint density at radius 1 is 0.727 bits per heavy atom. The molecule has 0 radical (unpaired) electrons. The van der Waals surface area contributed by atoms with Crippen LogP contribution in [0.2, 0.25) is 0 Å². The van der Waals surface area contributed by atoms with Gasteiger partial charge in [-0.2, -0.15) is 4.31 Å². The van der Waals surface area contributed by atoms with E-state index in [2.05, 4.69) is 62.1 Å². The second kappa shape index (κ2) is 8.19. The zero-order valence-electron chi connectivity index (χ0n) is 19.0. The summed E-state index contributed by atoms with van der Waals surface area (Å²) in [6.45, 7) is 6.76. The van der Waals surface area contributed by atoms with Crippen molar-refractivity contribution in [2.45, 2.75) is 38.8 Å². The Morgan fingerprint density at radius 2 is 1.36 bits per heavy atom. The molecular weight excluding hydrogens is 426 g/mol. The number of benzene rings is 4. The molecule has 3 nitrogen and oxygen atoms in total. The molecule has 0 saturated carbocycles. The predicted octanol–water partition coefficient (Wildman–Crippen LogP) is 5.87. The van der Waals surface area contributed by atoms with Gasteiger partial charge in [-0.1, -0.05) is 71.0 Å². The molecule has 0 unspecified atom stereocenters. The van der Waals surface area contributed by atoms with E-state index in [9.17, 15) is 8.42 Å². The number of sulfonamides is 1. The van der Waals surface area contributed by atoms with E-state index >= 15 is 0 Å². The van der Waals surface area contributed by atoms with Gasteiger partial charge in [0, 0.05) is 24.2 Å². The zero-order valence-corrected chi connectivity index (χ0v) is 19.8. The van der Waals surface area contributed by atoms with Crippen molar-refractivity contribution in [3.05, 3.63) is 112 Å². The van der Waals surface area contributed by atoms with Crippen LogP contribution in [0.3, 0.4) is 0 Å². The molecule has 0 aromatic heterocycles. The average molecular weight is 452 g/mol. The summed E-state index contributed by atoms with van der Waals surface area (Å²) >= 11 is 0. The summed E-state index contributed by atoms with van der Waals surface area (Å²) in [6.07, 6.45) is 0. The van der Waals surface area contributed by atoms with Crippen LogP contribution in [-0.2, 0) is 23.1 Å². The number of rotatable bonds is 2. The number of fused-ring (bicyclic) bond motifs is 2. The lowest BCUT2D eigenvalue weighted by molar-refractivity contribution is 0.431. The Balaban J connectivity index is 1.62. The number of nitrogens with zero attached hydrogens (tertiary/aromatic N) is 1. The fourth-order valence-electron chi connectivity index (χ4n) is 4.30. The molecule has 0 fully saturated rings. The molecule has 0 N–H and O–H groups in total. The largest absolute Gasteiger partial charge is 0.243 e. The van der Waals surface area contributed by atoms with Crippen molar-refractivity contribution in [1.82, 2.24) is 4.31 Å². The minimum absolute atomic E-state index is 0.327. The molecule has 0 aliphatic carbocycles. The Morgan fingerprint density at radius 3 is 2.06 bits per heavy atom. The maximum absolute atomic E-state index is 13.4. The average Bonchev–Trinajstić information content (AvgIpc) is 3.23. The van der Waals surface area contributed by atoms with Crippen LogP contribution in [0.5, 0.6) is 0 Å². The first-order valence-corrected chi connectivity index (χ1v) is 12.5. The van der Waals surface area contributed by atoms with Crippen molar-refractivity contribution < 1.29 is 8.42 Å². The molecule has 0 amide bonds. The lowest BCUT2D eigenvalue weighted by Crippen LogP contribution is -2.25. The number of hydrogen-bond donors (Lipinski definition) is 0. The molecular formula is C29H25NO2S. The quantitative estimate of drug-likeness (QED) is 0.358. The SMILES string of the molecule is Cc1ccc(C#Cc2c3c(cc4ccc(C)cc24)CN(S(=O)(=O)c2ccc(C)cc2)C3)cc1. The number of aryl methyl sites for hydroxylation is 3. The highest BCUT2D eigenvalue weighted by Crippen LogP contribution is 2.35. The molecule has 164 valence electrons. The van der Waals surface area contributed by atoms with Gasteiger partial charge in [-0.25, -0.2) is 8.42 Å². The summed E-state index contributed by atoms with van der Waals surface area (Å²) < 4.78 is 28.3. The smallest absolute Gasteiger partial charge is 0.207 e. The van der Waals surface area contributed by atoms with Gasteiger partial charge in [-0.05, 0) is 73.0 Å². The minimum atomic E-state index is -3.59. The third kappa shape index (κ3) is 4.06. The molecule has 33 heavy (non-hydrogen) atoms. The molecule has 1 aliphatic heterocycles. The maximum atomic E-state index is 13.4. The first kappa shape index (κ1) is 21.5. The first-order valence-electron chi connectivity index (χ1n) is 11.0. The molecule has 1 aliphatic rings. The lowest BCUT2D eigenvalue weighted by Gasteiger charge is -2.15. The highest BCUT2D eigenvalue weighted by molar-refractivity contribution is 7.89. The van der Waals surface area contributed by atoms with Crippen LogP contribution in [-0.4, -0.2) is 12.7 Å². The summed E-state index contributed by atoms with van der Waals surface area (Å²) in [7, 11) is -3.59. The van der Waals surface area contributed by atoms with Crippen LogP contribution < -0.4 is 0 Å². The van der Waals surface area contributed by atoms with E-state index in [0.29, 0.717) is 18.0 Å². The number of hydrogen-bond acceptors (Lipinski definition) is 2. The molecule has 5 rings (SSSR count). The van der Waals surface area contributed by atoms with Crippen molar-refractivity contribution >= 4 is 20.8 Å². The van der Waals surface area contributed by atoms with Gasteiger partial charge in [0.1, 0.15) is 0 Å². The molecule has 0 bridgehead atoms. The van der Waals surface area contributed by atoms with Gasteiger partial charge in [0.2, 0.25) is 10.0 Å². The van der Waals surface area contributed by atoms with Crippen LogP contribution >= 0.6 is 0 Å². The maximum Gasteiger partial charge on any atom is 0.243 e. The van der Waals surface area contributed by atoms with E-state index in [4.69, 9.17) is 0 Å². The molecule has 4 aromatic carbocycles. The van der Waals surface area contributed by atoms with Gasteiger partial charge in [-0.15, -0.1) is 0 Å². The Labute approximate surface area is 195 Å². The van der Waals surface area contributed by atoms with Crippen molar-refractivity contribution in [2.75, 3.05) is 0 Å². The third-order valence-corrected chi connectivity index (χ3v) is 8.03. The van der Waals surface area contributed by atoms with Gasteiger partial charge in [0.25, 0.3) is 0 Å². The van der Waals surface area contributed by atoms with E-state index in [1.807, 2.05) is 31.2 Å². The summed E-state index contributed by atoms with van der Waals surface area (Å²) in [4.78, 5) is 0.327. The van der Waals surface area contributed by atoms with Crippen LogP contribution in [0.15, 0.2) is 77.7 Å². The highest BCUT2D eigenvalue weighted by Gasteiger charge is 2.32. The van der Waals surface area contributed by atoms with E-state index in [1.165, 1.54) is 5.56 Å². The van der Waals surface area contributed by atoms with Crippen LogP contribution in [0, 0.1) is 32.6 Å². The molecule has 1 heterocycles. The summed E-state index contributed by atoms with van der Waals surface area (Å²) in [5, 5.41) is 2.16. The molecule has 0 spiro atoms. The van der Waals surface area contributed by atoms with Gasteiger partial charge < -0.3 is 0 Å². The second-order valence-corrected chi connectivity index (χ2v) is 10.8. The Hall–Kier alpha value is -3.39.